The molecule has 6 nitrogen and oxygen atoms in total. The highest BCUT2D eigenvalue weighted by molar-refractivity contribution is 5.94. The number of imidazole rings is 1. The zero-order chi connectivity index (χ0) is 25.5. The minimum absolute atomic E-state index is 0.0328. The first-order valence-corrected chi connectivity index (χ1v) is 13.7. The molecule has 1 heterocycles. The third-order valence-corrected chi connectivity index (χ3v) is 7.87. The van der Waals surface area contributed by atoms with Gasteiger partial charge >= 0.3 is 0 Å². The molecule has 1 aromatic carbocycles. The van der Waals surface area contributed by atoms with Crippen LogP contribution in [0.5, 0.6) is 0 Å². The Balaban J connectivity index is 1.26. The van der Waals surface area contributed by atoms with Crippen LogP contribution in [0.4, 0.5) is 14.6 Å². The van der Waals surface area contributed by atoms with E-state index >= 15 is 0 Å². The molecule has 1 fully saturated rings. The molecule has 0 spiro atoms. The van der Waals surface area contributed by atoms with Crippen LogP contribution >= 0.6 is 0 Å². The van der Waals surface area contributed by atoms with Gasteiger partial charge in [-0.25, -0.2) is 13.8 Å². The summed E-state index contributed by atoms with van der Waals surface area (Å²) in [5.41, 5.74) is 1.29. The molecule has 4 rings (SSSR count). The van der Waals surface area contributed by atoms with Crippen LogP contribution in [0, 0.1) is 17.6 Å². The Bertz CT molecular complexity index is 1000. The number of rotatable bonds is 11. The highest BCUT2D eigenvalue weighted by Gasteiger charge is 2.27. The molecular formula is C28H41F2N5O. The van der Waals surface area contributed by atoms with Crippen molar-refractivity contribution in [2.45, 2.75) is 103 Å². The van der Waals surface area contributed by atoms with Crippen LogP contribution in [-0.4, -0.2) is 40.1 Å². The van der Waals surface area contributed by atoms with Crippen LogP contribution in [0.15, 0.2) is 24.7 Å². The Morgan fingerprint density at radius 2 is 2.00 bits per heavy atom. The summed E-state index contributed by atoms with van der Waals surface area (Å²) in [4.78, 5) is 17.4. The molecule has 2 aliphatic carbocycles. The SMILES string of the molecule is CCC[C@H](N[C@H]1CCc2cc(F)cc(F)c2C1)C(=O)Nc1cn(CCN[C@H](C)C2CCCCC2)cn1. The van der Waals surface area contributed by atoms with Crippen molar-refractivity contribution in [2.24, 2.45) is 5.92 Å². The number of nitrogens with one attached hydrogen (secondary N) is 3. The van der Waals surface area contributed by atoms with E-state index in [1.54, 1.807) is 6.33 Å². The van der Waals surface area contributed by atoms with Gasteiger partial charge in [-0.1, -0.05) is 32.6 Å². The summed E-state index contributed by atoms with van der Waals surface area (Å²) >= 11 is 0. The molecule has 0 bridgehead atoms. The molecule has 3 N–H and O–H groups in total. The molecule has 2 aliphatic rings. The number of aryl methyl sites for hydroxylation is 1. The molecule has 0 aliphatic heterocycles. The first kappa shape index (κ1) is 26.7. The number of carbonyl (C=O) groups excluding carboxylic acids is 1. The molecular weight excluding hydrogens is 460 g/mol. The van der Waals surface area contributed by atoms with Crippen LogP contribution in [0.2, 0.25) is 0 Å². The molecule has 1 amide bonds. The van der Waals surface area contributed by atoms with Gasteiger partial charge in [0.15, 0.2) is 5.82 Å². The van der Waals surface area contributed by atoms with Crippen LogP contribution in [0.25, 0.3) is 0 Å². The maximum absolute atomic E-state index is 14.3. The lowest BCUT2D eigenvalue weighted by Crippen LogP contribution is -2.48. The lowest BCUT2D eigenvalue weighted by molar-refractivity contribution is -0.118. The number of amides is 1. The lowest BCUT2D eigenvalue weighted by Gasteiger charge is -2.29. The van der Waals surface area contributed by atoms with Crippen molar-refractivity contribution in [1.29, 1.82) is 0 Å². The summed E-state index contributed by atoms with van der Waals surface area (Å²) in [6.45, 7) is 5.99. The largest absolute Gasteiger partial charge is 0.334 e. The number of carbonyl (C=O) groups is 1. The van der Waals surface area contributed by atoms with Crippen LogP contribution in [0.3, 0.4) is 0 Å². The standard InChI is InChI=1S/C28H41F2N5O/c1-3-7-26(33-23-11-10-21-14-22(29)15-25(30)24(21)16-23)28(36)34-27-17-35(18-32-27)13-12-31-19(2)20-8-5-4-6-9-20/h14-15,17-20,23,26,31,33H,3-13,16H2,1-2H3,(H,34,36)/t19-,23+,26+/m1/s1. The fourth-order valence-electron chi connectivity index (χ4n) is 5.77. The zero-order valence-electron chi connectivity index (χ0n) is 21.7. The monoisotopic (exact) mass is 501 g/mol. The van der Waals surface area contributed by atoms with E-state index < -0.39 is 17.7 Å². The van der Waals surface area contributed by atoms with E-state index in [0.717, 1.165) is 43.5 Å². The smallest absolute Gasteiger partial charge is 0.242 e. The molecule has 1 aromatic heterocycles. The number of fused-ring (bicyclic) bond motifs is 1. The highest BCUT2D eigenvalue weighted by Crippen LogP contribution is 2.27. The summed E-state index contributed by atoms with van der Waals surface area (Å²) in [5.74, 6) is 0.154. The first-order valence-electron chi connectivity index (χ1n) is 13.7. The molecule has 0 saturated heterocycles. The van der Waals surface area contributed by atoms with Crippen molar-refractivity contribution < 1.29 is 13.6 Å². The van der Waals surface area contributed by atoms with Crippen LogP contribution < -0.4 is 16.0 Å². The van der Waals surface area contributed by atoms with E-state index in [1.807, 2.05) is 17.7 Å². The normalized spacial score (nSPS) is 20.1. The molecule has 2 aromatic rings. The number of halogens is 2. The van der Waals surface area contributed by atoms with Crippen LogP contribution in [0.1, 0.15) is 76.3 Å². The van der Waals surface area contributed by atoms with E-state index in [0.29, 0.717) is 36.7 Å². The average Bonchev–Trinajstić information content (AvgIpc) is 3.31. The maximum atomic E-state index is 14.3. The van der Waals surface area contributed by atoms with Crippen molar-refractivity contribution in [3.05, 3.63) is 47.4 Å². The van der Waals surface area contributed by atoms with Gasteiger partial charge in [-0.05, 0) is 68.6 Å². The van der Waals surface area contributed by atoms with Crippen molar-refractivity contribution >= 4 is 11.7 Å². The molecule has 8 heteroatoms. The van der Waals surface area contributed by atoms with E-state index in [2.05, 4.69) is 27.9 Å². The highest BCUT2D eigenvalue weighted by atomic mass is 19.1. The van der Waals surface area contributed by atoms with Crippen molar-refractivity contribution in [3.63, 3.8) is 0 Å². The van der Waals surface area contributed by atoms with Gasteiger partial charge in [-0.15, -0.1) is 0 Å². The summed E-state index contributed by atoms with van der Waals surface area (Å²) in [7, 11) is 0. The fourth-order valence-corrected chi connectivity index (χ4v) is 5.77. The van der Waals surface area contributed by atoms with Gasteiger partial charge < -0.3 is 20.5 Å². The van der Waals surface area contributed by atoms with Crippen molar-refractivity contribution in [2.75, 3.05) is 11.9 Å². The predicted octanol–water partition coefficient (Wildman–Crippen LogP) is 4.97. The molecule has 36 heavy (non-hydrogen) atoms. The summed E-state index contributed by atoms with van der Waals surface area (Å²) in [6, 6.07) is 2.46. The van der Waals surface area contributed by atoms with Gasteiger partial charge in [0.1, 0.15) is 11.6 Å². The minimum atomic E-state index is -0.533. The Labute approximate surface area is 213 Å². The molecule has 1 saturated carbocycles. The van der Waals surface area contributed by atoms with Gasteiger partial charge in [-0.2, -0.15) is 0 Å². The Hall–Kier alpha value is -2.32. The van der Waals surface area contributed by atoms with Gasteiger partial charge in [0.25, 0.3) is 0 Å². The number of anilines is 1. The first-order chi connectivity index (χ1) is 17.4. The third-order valence-electron chi connectivity index (χ3n) is 7.87. The Morgan fingerprint density at radius 3 is 2.78 bits per heavy atom. The van der Waals surface area contributed by atoms with Crippen molar-refractivity contribution in [3.8, 4) is 0 Å². The summed E-state index contributed by atoms with van der Waals surface area (Å²) < 4.78 is 29.8. The average molecular weight is 502 g/mol. The van der Waals surface area contributed by atoms with E-state index in [1.165, 1.54) is 38.2 Å². The minimum Gasteiger partial charge on any atom is -0.334 e. The van der Waals surface area contributed by atoms with Gasteiger partial charge in [0.05, 0.1) is 12.4 Å². The maximum Gasteiger partial charge on any atom is 0.242 e. The number of aromatic nitrogens is 2. The third kappa shape index (κ3) is 7.13. The number of hydrogen-bond acceptors (Lipinski definition) is 4. The molecule has 0 radical (unpaired) electrons. The Kier molecular flexibility index (Phi) is 9.48. The molecule has 0 unspecified atom stereocenters. The van der Waals surface area contributed by atoms with E-state index in [4.69, 9.17) is 0 Å². The summed E-state index contributed by atoms with van der Waals surface area (Å²) in [6.07, 6.45) is 13.6. The van der Waals surface area contributed by atoms with Gasteiger partial charge in [0, 0.05) is 37.4 Å². The fraction of sp³-hybridized carbons (Fsp3) is 0.643. The molecule has 198 valence electrons. The molecule has 3 atom stereocenters. The van der Waals surface area contributed by atoms with E-state index in [9.17, 15) is 13.6 Å². The zero-order valence-corrected chi connectivity index (χ0v) is 21.7. The summed E-state index contributed by atoms with van der Waals surface area (Å²) in [5, 5.41) is 10.0. The number of benzene rings is 1. The van der Waals surface area contributed by atoms with Crippen LogP contribution in [-0.2, 0) is 24.2 Å². The second-order valence-corrected chi connectivity index (χ2v) is 10.6. The number of hydrogen-bond donors (Lipinski definition) is 3. The second-order valence-electron chi connectivity index (χ2n) is 10.6. The van der Waals surface area contributed by atoms with Gasteiger partial charge in [-0.3, -0.25) is 4.79 Å². The van der Waals surface area contributed by atoms with Gasteiger partial charge in [0.2, 0.25) is 5.91 Å². The Morgan fingerprint density at radius 1 is 1.19 bits per heavy atom. The van der Waals surface area contributed by atoms with E-state index in [-0.39, 0.29) is 11.9 Å². The number of nitrogens with zero attached hydrogens (tertiary/aromatic N) is 2. The quantitative estimate of drug-likeness (QED) is 0.406. The lowest BCUT2D eigenvalue weighted by atomic mass is 9.84. The van der Waals surface area contributed by atoms with Crippen molar-refractivity contribution in [1.82, 2.24) is 20.2 Å². The second kappa shape index (κ2) is 12.8. The predicted molar refractivity (Wildman–Crippen MR) is 139 cm³/mol. The topological polar surface area (TPSA) is 71.0 Å².